The third-order valence-corrected chi connectivity index (χ3v) is 6.07. The number of nitrogens with one attached hydrogen (secondary N) is 1. The molecule has 1 aliphatic heterocycles. The van der Waals surface area contributed by atoms with E-state index in [1.165, 1.54) is 11.3 Å². The van der Waals surface area contributed by atoms with Gasteiger partial charge in [0, 0.05) is 35.3 Å². The average Bonchev–Trinajstić information content (AvgIpc) is 3.04. The number of hydrogen-bond donors (Lipinski definition) is 1. The monoisotopic (exact) mass is 451 g/mol. The fraction of sp³-hybridized carbons (Fsp3) is 0.381. The summed E-state index contributed by atoms with van der Waals surface area (Å²) in [6.07, 6.45) is 6.44. The maximum Gasteiger partial charge on any atom is 0.151 e. The van der Waals surface area contributed by atoms with Crippen molar-refractivity contribution in [3.63, 3.8) is 0 Å². The summed E-state index contributed by atoms with van der Waals surface area (Å²) in [5.41, 5.74) is 3.58. The van der Waals surface area contributed by atoms with E-state index in [1.54, 1.807) is 0 Å². The minimum Gasteiger partial charge on any atom is -0.306 e. The van der Waals surface area contributed by atoms with Crippen LogP contribution in [0.25, 0.3) is 5.69 Å². The van der Waals surface area contributed by atoms with Gasteiger partial charge in [-0.15, -0.1) is 35.0 Å². The van der Waals surface area contributed by atoms with Crippen LogP contribution in [0.4, 0.5) is 0 Å². The van der Waals surface area contributed by atoms with Crippen LogP contribution in [0, 0.1) is 0 Å². The third kappa shape index (κ3) is 4.29. The first kappa shape index (κ1) is 22.0. The van der Waals surface area contributed by atoms with Gasteiger partial charge in [0.1, 0.15) is 5.82 Å². The zero-order valence-electron chi connectivity index (χ0n) is 15.9. The first-order chi connectivity index (χ1) is 13.3. The number of rotatable bonds is 2. The van der Waals surface area contributed by atoms with Crippen LogP contribution in [0.2, 0.25) is 5.02 Å². The minimum absolute atomic E-state index is 0. The second-order valence-electron chi connectivity index (χ2n) is 7.49. The lowest BCUT2D eigenvalue weighted by atomic mass is 9.80. The number of halogens is 3. The molecule has 29 heavy (non-hydrogen) atoms. The van der Waals surface area contributed by atoms with E-state index in [4.69, 9.17) is 11.6 Å². The molecule has 2 aliphatic rings. The Balaban J connectivity index is 0.00000120. The molecule has 0 saturated heterocycles. The van der Waals surface area contributed by atoms with Gasteiger partial charge in [-0.2, -0.15) is 0 Å². The predicted octanol–water partition coefficient (Wildman–Crippen LogP) is 5.20. The van der Waals surface area contributed by atoms with E-state index in [-0.39, 0.29) is 24.8 Å². The number of nitrogens with zero attached hydrogens (tertiary/aromatic N) is 4. The van der Waals surface area contributed by atoms with E-state index in [0.29, 0.717) is 11.8 Å². The Morgan fingerprint density at radius 2 is 1.72 bits per heavy atom. The van der Waals surface area contributed by atoms with Gasteiger partial charge >= 0.3 is 0 Å². The van der Waals surface area contributed by atoms with Gasteiger partial charge in [0.05, 0.1) is 12.2 Å². The molecule has 0 bridgehead atoms. The Hall–Kier alpha value is -1.66. The van der Waals surface area contributed by atoms with E-state index in [9.17, 15) is 0 Å². The molecule has 1 fully saturated rings. The zero-order chi connectivity index (χ0) is 18.2. The van der Waals surface area contributed by atoms with Gasteiger partial charge in [-0.3, -0.25) is 9.55 Å². The van der Waals surface area contributed by atoms with Crippen molar-refractivity contribution in [2.45, 2.75) is 50.6 Å². The van der Waals surface area contributed by atoms with Gasteiger partial charge in [-0.25, -0.2) is 0 Å². The Bertz CT molecular complexity index is 952. The molecule has 2 aromatic heterocycles. The molecule has 5 rings (SSSR count). The van der Waals surface area contributed by atoms with Crippen LogP contribution in [-0.2, 0) is 13.1 Å². The molecular weight excluding hydrogens is 429 g/mol. The van der Waals surface area contributed by atoms with Crippen molar-refractivity contribution in [3.05, 3.63) is 70.5 Å². The fourth-order valence-electron chi connectivity index (χ4n) is 4.46. The summed E-state index contributed by atoms with van der Waals surface area (Å²) in [7, 11) is 0. The molecule has 3 aromatic rings. The first-order valence-electron chi connectivity index (χ1n) is 9.64. The molecular formula is C21H24Cl3N5. The summed E-state index contributed by atoms with van der Waals surface area (Å²) in [6.45, 7) is 1.52. The number of aromatic nitrogens is 4. The van der Waals surface area contributed by atoms with Gasteiger partial charge in [0.15, 0.2) is 5.82 Å². The normalized spacial score (nSPS) is 20.4. The Morgan fingerprint density at radius 3 is 2.48 bits per heavy atom. The van der Waals surface area contributed by atoms with Crippen LogP contribution in [0.3, 0.4) is 0 Å². The van der Waals surface area contributed by atoms with E-state index in [1.807, 2.05) is 24.4 Å². The fourth-order valence-corrected chi connectivity index (χ4v) is 4.65. The predicted molar refractivity (Wildman–Crippen MR) is 120 cm³/mol. The summed E-state index contributed by atoms with van der Waals surface area (Å²) in [5, 5.41) is 13.3. The average molecular weight is 453 g/mol. The smallest absolute Gasteiger partial charge is 0.151 e. The molecule has 5 nitrogen and oxygen atoms in total. The Kier molecular flexibility index (Phi) is 7.17. The van der Waals surface area contributed by atoms with Crippen LogP contribution in [-0.4, -0.2) is 19.7 Å². The molecule has 8 heteroatoms. The standard InChI is InChI=1S/C21H22ClN5.2ClH/c22-17-8-9-19-16(11-17)12-23-13-20-25-26-21(27(19)20)15-6-4-14(5-7-15)18-3-1-2-10-24-18;;/h1-3,8-11,14-15,23H,4-7,12-13H2;2*1H/t14-,15-;;. The van der Waals surface area contributed by atoms with Gasteiger partial charge in [0.2, 0.25) is 0 Å². The molecule has 154 valence electrons. The Labute approximate surface area is 188 Å². The highest BCUT2D eigenvalue weighted by molar-refractivity contribution is 6.30. The van der Waals surface area contributed by atoms with Crippen LogP contribution in [0.15, 0.2) is 42.6 Å². The zero-order valence-corrected chi connectivity index (χ0v) is 18.3. The van der Waals surface area contributed by atoms with E-state index < -0.39 is 0 Å². The molecule has 0 radical (unpaired) electrons. The van der Waals surface area contributed by atoms with Crippen LogP contribution >= 0.6 is 36.4 Å². The van der Waals surface area contributed by atoms with Crippen molar-refractivity contribution >= 4 is 36.4 Å². The molecule has 1 saturated carbocycles. The highest BCUT2D eigenvalue weighted by atomic mass is 35.5. The van der Waals surface area contributed by atoms with Gasteiger partial charge in [0.25, 0.3) is 0 Å². The Morgan fingerprint density at radius 1 is 0.931 bits per heavy atom. The molecule has 3 heterocycles. The molecule has 1 N–H and O–H groups in total. The number of pyridine rings is 1. The maximum absolute atomic E-state index is 6.22. The van der Waals surface area contributed by atoms with Crippen molar-refractivity contribution in [2.75, 3.05) is 0 Å². The van der Waals surface area contributed by atoms with E-state index >= 15 is 0 Å². The maximum atomic E-state index is 6.22. The summed E-state index contributed by atoms with van der Waals surface area (Å²) in [6, 6.07) is 12.3. The van der Waals surface area contributed by atoms with E-state index in [2.05, 4.69) is 43.3 Å². The highest BCUT2D eigenvalue weighted by Gasteiger charge is 2.30. The minimum atomic E-state index is 0. The van der Waals surface area contributed by atoms with E-state index in [0.717, 1.165) is 61.1 Å². The first-order valence-corrected chi connectivity index (χ1v) is 10.0. The van der Waals surface area contributed by atoms with Gasteiger partial charge < -0.3 is 5.32 Å². The van der Waals surface area contributed by atoms with Crippen LogP contribution in [0.1, 0.15) is 60.4 Å². The lowest BCUT2D eigenvalue weighted by molar-refractivity contribution is 0.377. The highest BCUT2D eigenvalue weighted by Crippen LogP contribution is 2.40. The molecule has 0 unspecified atom stereocenters. The molecule has 0 atom stereocenters. The molecule has 1 aliphatic carbocycles. The van der Waals surface area contributed by atoms with Crippen molar-refractivity contribution < 1.29 is 0 Å². The third-order valence-electron chi connectivity index (χ3n) is 5.83. The topological polar surface area (TPSA) is 55.6 Å². The molecule has 1 aromatic carbocycles. The molecule has 0 amide bonds. The SMILES string of the molecule is Cl.Cl.Clc1ccc2c(c1)CNCc1nnc([C@H]3CC[C@H](c4ccccn4)CC3)n1-2. The number of fused-ring (bicyclic) bond motifs is 3. The lowest BCUT2D eigenvalue weighted by Gasteiger charge is -2.28. The summed E-state index contributed by atoms with van der Waals surface area (Å²) in [4.78, 5) is 4.56. The van der Waals surface area contributed by atoms with Gasteiger partial charge in [-0.1, -0.05) is 17.7 Å². The van der Waals surface area contributed by atoms with Crippen LogP contribution < -0.4 is 5.32 Å². The number of benzene rings is 1. The summed E-state index contributed by atoms with van der Waals surface area (Å²) >= 11 is 6.22. The molecule has 0 spiro atoms. The van der Waals surface area contributed by atoms with Crippen LogP contribution in [0.5, 0.6) is 0 Å². The van der Waals surface area contributed by atoms with Crippen molar-refractivity contribution in [1.82, 2.24) is 25.1 Å². The van der Waals surface area contributed by atoms with Crippen molar-refractivity contribution in [3.8, 4) is 5.69 Å². The number of hydrogen-bond acceptors (Lipinski definition) is 4. The van der Waals surface area contributed by atoms with Gasteiger partial charge in [-0.05, 0) is 61.6 Å². The summed E-state index contributed by atoms with van der Waals surface area (Å²) < 4.78 is 2.26. The quantitative estimate of drug-likeness (QED) is 0.580. The van der Waals surface area contributed by atoms with Crippen molar-refractivity contribution in [2.24, 2.45) is 0 Å². The summed E-state index contributed by atoms with van der Waals surface area (Å²) in [5.74, 6) is 3.07. The lowest BCUT2D eigenvalue weighted by Crippen LogP contribution is -2.17. The van der Waals surface area contributed by atoms with Crippen molar-refractivity contribution in [1.29, 1.82) is 0 Å². The largest absolute Gasteiger partial charge is 0.306 e. The second-order valence-corrected chi connectivity index (χ2v) is 7.93. The second kappa shape index (κ2) is 9.43.